The third-order valence-corrected chi connectivity index (χ3v) is 6.79. The van der Waals surface area contributed by atoms with E-state index in [0.717, 1.165) is 5.01 Å². The van der Waals surface area contributed by atoms with Crippen molar-refractivity contribution in [3.63, 3.8) is 0 Å². The van der Waals surface area contributed by atoms with E-state index in [4.69, 9.17) is 0 Å². The number of thioether (sulfide) groups is 2. The number of aromatic nitrogens is 2. The summed E-state index contributed by atoms with van der Waals surface area (Å²) in [6.45, 7) is 1.86. The minimum atomic E-state index is -0.137. The molecule has 2 heterocycles. The summed E-state index contributed by atoms with van der Waals surface area (Å²) in [7, 11) is 0. The van der Waals surface area contributed by atoms with Gasteiger partial charge in [-0.1, -0.05) is 23.5 Å². The predicted octanol–water partition coefficient (Wildman–Crippen LogP) is 3.97. The number of carbonyl (C=O) groups excluding carboxylic acids is 1. The number of hydrogen-bond acceptors (Lipinski definition) is 6. The molecule has 7 heteroatoms. The van der Waals surface area contributed by atoms with Crippen molar-refractivity contribution >= 4 is 45.9 Å². The van der Waals surface area contributed by atoms with Gasteiger partial charge in [0, 0.05) is 5.56 Å². The maximum atomic E-state index is 12.1. The van der Waals surface area contributed by atoms with Crippen LogP contribution in [0, 0.1) is 6.92 Å². The highest BCUT2D eigenvalue weighted by Gasteiger charge is 2.17. The molecule has 1 aliphatic heterocycles. The number of nitrogens with zero attached hydrogens (tertiary/aromatic N) is 2. The molecular weight excluding hydrogens is 322 g/mol. The standard InChI is InChI=1S/C14H15N3OS3/c1-9-16-17-14(21-9)15-12(18)10-3-5-11(6-4-10)13-19-7-2-8-20-13/h3-6,13H,2,7-8H2,1H3,(H,15,17,18). The van der Waals surface area contributed by atoms with E-state index in [9.17, 15) is 4.79 Å². The molecule has 1 aromatic carbocycles. The van der Waals surface area contributed by atoms with E-state index in [-0.39, 0.29) is 5.91 Å². The highest BCUT2D eigenvalue weighted by molar-refractivity contribution is 8.16. The lowest BCUT2D eigenvalue weighted by Gasteiger charge is -2.21. The first-order valence-electron chi connectivity index (χ1n) is 6.67. The second-order valence-corrected chi connectivity index (χ2v) is 8.54. The van der Waals surface area contributed by atoms with Crippen molar-refractivity contribution in [3.05, 3.63) is 40.4 Å². The quantitative estimate of drug-likeness (QED) is 0.918. The molecule has 1 fully saturated rings. The van der Waals surface area contributed by atoms with Crippen molar-refractivity contribution in [3.8, 4) is 0 Å². The van der Waals surface area contributed by atoms with Crippen LogP contribution in [0.15, 0.2) is 24.3 Å². The van der Waals surface area contributed by atoms with Crippen LogP contribution >= 0.6 is 34.9 Å². The molecule has 0 spiro atoms. The fraction of sp³-hybridized carbons (Fsp3) is 0.357. The van der Waals surface area contributed by atoms with E-state index in [1.165, 1.54) is 34.8 Å². The summed E-state index contributed by atoms with van der Waals surface area (Å²) >= 11 is 5.34. The number of rotatable bonds is 3. The lowest BCUT2D eigenvalue weighted by Crippen LogP contribution is -2.11. The molecule has 2 aromatic rings. The monoisotopic (exact) mass is 337 g/mol. The van der Waals surface area contributed by atoms with Crippen LogP contribution in [0.2, 0.25) is 0 Å². The third-order valence-electron chi connectivity index (χ3n) is 3.02. The van der Waals surface area contributed by atoms with Crippen molar-refractivity contribution in [1.82, 2.24) is 10.2 Å². The molecule has 110 valence electrons. The highest BCUT2D eigenvalue weighted by atomic mass is 32.2. The van der Waals surface area contributed by atoms with Gasteiger partial charge in [-0.05, 0) is 42.5 Å². The molecule has 1 N–H and O–H groups in total. The topological polar surface area (TPSA) is 54.9 Å². The Morgan fingerprint density at radius 2 is 1.90 bits per heavy atom. The SMILES string of the molecule is Cc1nnc(NC(=O)c2ccc(C3SCCCS3)cc2)s1. The summed E-state index contributed by atoms with van der Waals surface area (Å²) in [4.78, 5) is 12.1. The van der Waals surface area contributed by atoms with Gasteiger partial charge in [-0.15, -0.1) is 33.7 Å². The van der Waals surface area contributed by atoms with Crippen LogP contribution in [-0.4, -0.2) is 27.6 Å². The van der Waals surface area contributed by atoms with Crippen LogP contribution in [0.4, 0.5) is 5.13 Å². The summed E-state index contributed by atoms with van der Waals surface area (Å²) in [5.74, 6) is 2.30. The number of benzene rings is 1. The zero-order valence-corrected chi connectivity index (χ0v) is 14.0. The summed E-state index contributed by atoms with van der Waals surface area (Å²) in [5, 5.41) is 11.9. The predicted molar refractivity (Wildman–Crippen MR) is 91.3 cm³/mol. The van der Waals surface area contributed by atoms with E-state index in [2.05, 4.69) is 27.6 Å². The average molecular weight is 337 g/mol. The smallest absolute Gasteiger partial charge is 0.257 e. The molecule has 0 atom stereocenters. The van der Waals surface area contributed by atoms with Crippen LogP contribution in [-0.2, 0) is 0 Å². The molecule has 0 bridgehead atoms. The van der Waals surface area contributed by atoms with E-state index < -0.39 is 0 Å². The minimum Gasteiger partial charge on any atom is -0.296 e. The van der Waals surface area contributed by atoms with Crippen LogP contribution in [0.25, 0.3) is 0 Å². The van der Waals surface area contributed by atoms with Crippen molar-refractivity contribution in [2.24, 2.45) is 0 Å². The van der Waals surface area contributed by atoms with Gasteiger partial charge in [0.05, 0.1) is 4.58 Å². The maximum absolute atomic E-state index is 12.1. The molecular formula is C14H15N3OS3. The Labute approximate surface area is 136 Å². The van der Waals surface area contributed by atoms with Crippen LogP contribution in [0.5, 0.6) is 0 Å². The van der Waals surface area contributed by atoms with Crippen LogP contribution < -0.4 is 5.32 Å². The molecule has 1 amide bonds. The number of aryl methyl sites for hydroxylation is 1. The summed E-state index contributed by atoms with van der Waals surface area (Å²) < 4.78 is 0.502. The summed E-state index contributed by atoms with van der Waals surface area (Å²) in [5.41, 5.74) is 1.94. The fourth-order valence-electron chi connectivity index (χ4n) is 1.99. The first-order valence-corrected chi connectivity index (χ1v) is 9.58. The largest absolute Gasteiger partial charge is 0.296 e. The maximum Gasteiger partial charge on any atom is 0.257 e. The van der Waals surface area contributed by atoms with Gasteiger partial charge in [-0.2, -0.15) is 0 Å². The zero-order valence-electron chi connectivity index (χ0n) is 11.5. The third kappa shape index (κ3) is 3.78. The molecule has 3 rings (SSSR count). The van der Waals surface area contributed by atoms with E-state index >= 15 is 0 Å². The molecule has 0 radical (unpaired) electrons. The molecule has 1 aromatic heterocycles. The van der Waals surface area contributed by atoms with E-state index in [0.29, 0.717) is 15.3 Å². The molecule has 21 heavy (non-hydrogen) atoms. The molecule has 0 aliphatic carbocycles. The van der Waals surface area contributed by atoms with E-state index in [1.54, 1.807) is 0 Å². The van der Waals surface area contributed by atoms with Crippen LogP contribution in [0.3, 0.4) is 0 Å². The van der Waals surface area contributed by atoms with E-state index in [1.807, 2.05) is 42.6 Å². The Bertz CT molecular complexity index is 621. The molecule has 1 saturated heterocycles. The van der Waals surface area contributed by atoms with Gasteiger partial charge in [0.15, 0.2) is 0 Å². The number of hydrogen-bond donors (Lipinski definition) is 1. The molecule has 0 unspecified atom stereocenters. The van der Waals surface area contributed by atoms with Gasteiger partial charge in [0.1, 0.15) is 5.01 Å². The lowest BCUT2D eigenvalue weighted by molar-refractivity contribution is 0.102. The van der Waals surface area contributed by atoms with Crippen molar-refractivity contribution in [2.75, 3.05) is 16.8 Å². The van der Waals surface area contributed by atoms with Crippen LogP contribution in [0.1, 0.15) is 31.9 Å². The first-order chi connectivity index (χ1) is 10.2. The Balaban J connectivity index is 1.67. The Morgan fingerprint density at radius 1 is 1.19 bits per heavy atom. The minimum absolute atomic E-state index is 0.137. The van der Waals surface area contributed by atoms with Crippen molar-refractivity contribution in [2.45, 2.75) is 17.9 Å². The lowest BCUT2D eigenvalue weighted by atomic mass is 10.1. The summed E-state index contributed by atoms with van der Waals surface area (Å²) in [6, 6.07) is 7.87. The van der Waals surface area contributed by atoms with Gasteiger partial charge in [0.2, 0.25) is 5.13 Å². The van der Waals surface area contributed by atoms with Gasteiger partial charge < -0.3 is 0 Å². The summed E-state index contributed by atoms with van der Waals surface area (Å²) in [6.07, 6.45) is 1.29. The number of nitrogens with one attached hydrogen (secondary N) is 1. The average Bonchev–Trinajstić information content (AvgIpc) is 2.93. The Hall–Kier alpha value is -1.05. The first kappa shape index (κ1) is 14.9. The van der Waals surface area contributed by atoms with Gasteiger partial charge in [-0.3, -0.25) is 10.1 Å². The zero-order chi connectivity index (χ0) is 14.7. The number of carbonyl (C=O) groups is 1. The van der Waals surface area contributed by atoms with Gasteiger partial charge >= 0.3 is 0 Å². The highest BCUT2D eigenvalue weighted by Crippen LogP contribution is 2.43. The number of amides is 1. The Kier molecular flexibility index (Phi) is 4.82. The Morgan fingerprint density at radius 3 is 2.52 bits per heavy atom. The molecule has 0 saturated carbocycles. The molecule has 1 aliphatic rings. The number of anilines is 1. The second-order valence-electron chi connectivity index (χ2n) is 4.63. The normalized spacial score (nSPS) is 15.9. The van der Waals surface area contributed by atoms with Gasteiger partial charge in [-0.25, -0.2) is 0 Å². The second kappa shape index (κ2) is 6.81. The molecule has 4 nitrogen and oxygen atoms in total. The van der Waals surface area contributed by atoms with Crippen molar-refractivity contribution < 1.29 is 4.79 Å². The fourth-order valence-corrected chi connectivity index (χ4v) is 5.47. The van der Waals surface area contributed by atoms with Gasteiger partial charge in [0.25, 0.3) is 5.91 Å². The van der Waals surface area contributed by atoms with Crippen molar-refractivity contribution in [1.29, 1.82) is 0 Å².